The van der Waals surface area contributed by atoms with Gasteiger partial charge in [-0.3, -0.25) is 4.98 Å². The summed E-state index contributed by atoms with van der Waals surface area (Å²) in [6.07, 6.45) is 4.21. The second-order valence-electron chi connectivity index (χ2n) is 11.1. The van der Waals surface area contributed by atoms with Crippen molar-refractivity contribution in [2.24, 2.45) is 5.92 Å². The maximum absolute atomic E-state index is 12.0. The normalized spacial score (nSPS) is 24.5. The first kappa shape index (κ1) is 27.1. The predicted molar refractivity (Wildman–Crippen MR) is 149 cm³/mol. The van der Waals surface area contributed by atoms with E-state index in [1.165, 1.54) is 17.8 Å². The van der Waals surface area contributed by atoms with Gasteiger partial charge in [-0.1, -0.05) is 0 Å². The summed E-state index contributed by atoms with van der Waals surface area (Å²) in [5.74, 6) is 0.482. The quantitative estimate of drug-likeness (QED) is 0.276. The monoisotopic (exact) mass is 561 g/mol. The van der Waals surface area contributed by atoms with Crippen molar-refractivity contribution in [3.05, 3.63) is 23.7 Å². The van der Waals surface area contributed by atoms with Crippen molar-refractivity contribution in [2.45, 2.75) is 83.2 Å². The number of aromatic nitrogens is 4. The minimum atomic E-state index is -3.52. The fraction of sp³-hybridized carbons (Fsp3) is 0.600. The Morgan fingerprint density at radius 3 is 2.42 bits per heavy atom. The van der Waals surface area contributed by atoms with Gasteiger partial charge in [-0.15, -0.1) is 11.3 Å². The van der Waals surface area contributed by atoms with Gasteiger partial charge in [-0.05, 0) is 59.4 Å². The molecule has 5 rings (SSSR count). The Kier molecular flexibility index (Phi) is 7.10. The first-order valence-corrected chi connectivity index (χ1v) is 15.5. The van der Waals surface area contributed by atoms with Crippen molar-refractivity contribution < 1.29 is 18.6 Å². The molecule has 3 aromatic rings. The molecule has 2 aliphatic rings. The van der Waals surface area contributed by atoms with Gasteiger partial charge in [0.25, 0.3) is 0 Å². The molecule has 0 saturated heterocycles. The zero-order valence-electron chi connectivity index (χ0n) is 22.2. The van der Waals surface area contributed by atoms with Crippen LogP contribution in [0.2, 0.25) is 0 Å². The summed E-state index contributed by atoms with van der Waals surface area (Å²) in [6.45, 7) is 7.26. The average molecular weight is 562 g/mol. The number of pyridine rings is 1. The molecule has 3 aromatic heterocycles. The first-order chi connectivity index (χ1) is 17.8. The molecule has 0 amide bonds. The van der Waals surface area contributed by atoms with Gasteiger partial charge in [0.15, 0.2) is 0 Å². The summed E-state index contributed by atoms with van der Waals surface area (Å²) < 4.78 is 27.5. The lowest BCUT2D eigenvalue weighted by molar-refractivity contribution is 0.000720. The van der Waals surface area contributed by atoms with Crippen molar-refractivity contribution in [3.63, 3.8) is 0 Å². The van der Waals surface area contributed by atoms with E-state index in [0.29, 0.717) is 24.2 Å². The number of sulfonamides is 1. The van der Waals surface area contributed by atoms with Crippen molar-refractivity contribution in [1.29, 1.82) is 0 Å². The van der Waals surface area contributed by atoms with Crippen LogP contribution >= 0.6 is 11.3 Å². The van der Waals surface area contributed by atoms with Gasteiger partial charge in [0.05, 0.1) is 40.1 Å². The second kappa shape index (κ2) is 9.94. The number of thiazole rings is 1. The van der Waals surface area contributed by atoms with Crippen LogP contribution < -0.4 is 15.4 Å². The van der Waals surface area contributed by atoms with E-state index in [-0.39, 0.29) is 0 Å². The van der Waals surface area contributed by atoms with E-state index in [4.69, 9.17) is 15.0 Å². The molecule has 3 heterocycles. The number of aliphatic hydroxyl groups is 2. The number of nitrogens with zero attached hydrogens (tertiary/aromatic N) is 4. The molecule has 0 spiro atoms. The number of hydrogen-bond acceptors (Lipinski definition) is 11. The van der Waals surface area contributed by atoms with E-state index in [2.05, 4.69) is 20.3 Å². The number of fused-ring (bicyclic) bond motifs is 1. The fourth-order valence-corrected chi connectivity index (χ4v) is 7.66. The molecule has 0 aliphatic heterocycles. The van der Waals surface area contributed by atoms with E-state index in [9.17, 15) is 18.6 Å². The van der Waals surface area contributed by atoms with Gasteiger partial charge in [0, 0.05) is 23.7 Å². The molecule has 5 N–H and O–H groups in total. The zero-order valence-corrected chi connectivity index (χ0v) is 23.8. The third-order valence-electron chi connectivity index (χ3n) is 7.61. The molecule has 206 valence electrons. The van der Waals surface area contributed by atoms with Crippen LogP contribution in [0.1, 0.15) is 50.9 Å². The van der Waals surface area contributed by atoms with Gasteiger partial charge in [0.2, 0.25) is 16.0 Å². The van der Waals surface area contributed by atoms with E-state index >= 15 is 0 Å². The summed E-state index contributed by atoms with van der Waals surface area (Å²) in [5.41, 5.74) is 2.14. The molecule has 2 saturated carbocycles. The van der Waals surface area contributed by atoms with E-state index in [0.717, 1.165) is 51.3 Å². The summed E-state index contributed by atoms with van der Waals surface area (Å²) in [6, 6.07) is 1.69. The molecule has 0 bridgehead atoms. The Hall–Kier alpha value is -2.45. The van der Waals surface area contributed by atoms with Gasteiger partial charge < -0.3 is 20.8 Å². The molecule has 0 unspecified atom stereocenters. The molecular formula is C25H35N7O4S2. The van der Waals surface area contributed by atoms with Crippen LogP contribution in [-0.4, -0.2) is 74.7 Å². The molecule has 0 aromatic carbocycles. The average Bonchev–Trinajstić information content (AvgIpc) is 3.32. The SMILES string of the molecule is Cc1nc(NC2CCC2)nc(N[C@@H]2C[C@H](C(C)(C)NS(C)(=O)=O)[C@@H](O)[C@H]2O)c1-c1nc2c(C)nccc2s1. The number of nitrogens with one attached hydrogen (secondary N) is 3. The number of aliphatic hydroxyl groups excluding tert-OH is 2. The smallest absolute Gasteiger partial charge is 0.225 e. The van der Waals surface area contributed by atoms with E-state index in [1.807, 2.05) is 19.9 Å². The van der Waals surface area contributed by atoms with Crippen molar-refractivity contribution in [1.82, 2.24) is 24.7 Å². The first-order valence-electron chi connectivity index (χ1n) is 12.8. The number of anilines is 2. The molecule has 2 aliphatic carbocycles. The number of aryl methyl sites for hydroxylation is 2. The number of rotatable bonds is 8. The van der Waals surface area contributed by atoms with Gasteiger partial charge in [-0.25, -0.2) is 23.1 Å². The summed E-state index contributed by atoms with van der Waals surface area (Å²) >= 11 is 1.52. The second-order valence-corrected chi connectivity index (χ2v) is 13.8. The van der Waals surface area contributed by atoms with E-state index in [1.54, 1.807) is 20.0 Å². The third-order valence-corrected chi connectivity index (χ3v) is 9.55. The Morgan fingerprint density at radius 1 is 1.05 bits per heavy atom. The van der Waals surface area contributed by atoms with Crippen LogP contribution in [0.3, 0.4) is 0 Å². The van der Waals surface area contributed by atoms with Crippen molar-refractivity contribution in [3.8, 4) is 10.6 Å². The van der Waals surface area contributed by atoms with E-state index < -0.39 is 39.7 Å². The van der Waals surface area contributed by atoms with Crippen LogP contribution in [0.15, 0.2) is 12.3 Å². The highest BCUT2D eigenvalue weighted by atomic mass is 32.2. The van der Waals surface area contributed by atoms with Crippen molar-refractivity contribution in [2.75, 3.05) is 16.9 Å². The summed E-state index contributed by atoms with van der Waals surface area (Å²) in [4.78, 5) is 18.7. The summed E-state index contributed by atoms with van der Waals surface area (Å²) in [7, 11) is -3.52. The van der Waals surface area contributed by atoms with Crippen molar-refractivity contribution >= 4 is 43.3 Å². The van der Waals surface area contributed by atoms with Crippen LogP contribution in [0.4, 0.5) is 11.8 Å². The maximum atomic E-state index is 12.0. The van der Waals surface area contributed by atoms with Crippen LogP contribution in [0, 0.1) is 19.8 Å². The Morgan fingerprint density at radius 2 is 1.79 bits per heavy atom. The Labute approximate surface area is 226 Å². The lowest BCUT2D eigenvalue weighted by Crippen LogP contribution is -2.52. The standard InChI is InChI=1S/C25H35N7O4S2/c1-12-18(23-30-19-13(2)26-10-9-17(19)37-23)22(31-24(27-12)28-14-7-6-8-14)29-16-11-15(20(33)21(16)34)25(3,4)32-38(5,35)36/h9-10,14-16,20-21,32-34H,6-8,11H2,1-5H3,(H2,27,28,29,31)/t15-,16+,20+,21-/m0/s1. The minimum Gasteiger partial charge on any atom is -0.390 e. The van der Waals surface area contributed by atoms with Gasteiger partial charge in [0.1, 0.15) is 22.4 Å². The largest absolute Gasteiger partial charge is 0.390 e. The summed E-state index contributed by atoms with van der Waals surface area (Å²) in [5, 5.41) is 29.5. The maximum Gasteiger partial charge on any atom is 0.225 e. The lowest BCUT2D eigenvalue weighted by atomic mass is 9.85. The molecular weight excluding hydrogens is 526 g/mol. The van der Waals surface area contributed by atoms with Gasteiger partial charge >= 0.3 is 0 Å². The molecule has 11 nitrogen and oxygen atoms in total. The molecule has 0 radical (unpaired) electrons. The Balaban J connectivity index is 1.51. The molecule has 4 atom stereocenters. The molecule has 2 fully saturated rings. The van der Waals surface area contributed by atoms with Crippen LogP contribution in [0.25, 0.3) is 20.8 Å². The third kappa shape index (κ3) is 5.34. The highest BCUT2D eigenvalue weighted by Gasteiger charge is 2.49. The highest BCUT2D eigenvalue weighted by Crippen LogP contribution is 2.40. The van der Waals surface area contributed by atoms with Crippen LogP contribution in [-0.2, 0) is 10.0 Å². The number of hydrogen-bond donors (Lipinski definition) is 5. The molecule has 38 heavy (non-hydrogen) atoms. The Bertz CT molecular complexity index is 1460. The predicted octanol–water partition coefficient (Wildman–Crippen LogP) is 2.58. The van der Waals surface area contributed by atoms with Gasteiger partial charge in [-0.2, -0.15) is 4.98 Å². The topological polar surface area (TPSA) is 162 Å². The lowest BCUT2D eigenvalue weighted by Gasteiger charge is -2.34. The minimum absolute atomic E-state index is 0.328. The highest BCUT2D eigenvalue weighted by molar-refractivity contribution is 7.88. The van der Waals surface area contributed by atoms with Crippen LogP contribution in [0.5, 0.6) is 0 Å². The fourth-order valence-electron chi connectivity index (χ4n) is 5.45. The molecule has 13 heteroatoms. The zero-order chi connectivity index (χ0) is 27.4.